The Morgan fingerprint density at radius 3 is 2.74 bits per heavy atom. The number of rotatable bonds is 4. The highest BCUT2D eigenvalue weighted by molar-refractivity contribution is 8.00. The predicted octanol–water partition coefficient (Wildman–Crippen LogP) is 1.96. The second-order valence-electron chi connectivity index (χ2n) is 4.01. The molecule has 1 aromatic rings. The van der Waals surface area contributed by atoms with Crippen molar-refractivity contribution in [2.45, 2.75) is 23.1 Å². The molecule has 1 N–H and O–H groups in total. The van der Waals surface area contributed by atoms with Crippen molar-refractivity contribution in [3.05, 3.63) is 27.9 Å². The number of carboxylic acid groups (broad SMARTS) is 1. The summed E-state index contributed by atoms with van der Waals surface area (Å²) < 4.78 is 5.22. The van der Waals surface area contributed by atoms with Gasteiger partial charge < -0.3 is 9.84 Å². The molecule has 8 heteroatoms. The van der Waals surface area contributed by atoms with Gasteiger partial charge >= 0.3 is 11.7 Å². The molecule has 102 valence electrons. The fraction of sp³-hybridized carbons (Fsp3) is 0.455. The Balaban J connectivity index is 2.26. The van der Waals surface area contributed by atoms with E-state index in [1.807, 2.05) is 0 Å². The van der Waals surface area contributed by atoms with Gasteiger partial charge in [0.05, 0.1) is 4.92 Å². The van der Waals surface area contributed by atoms with E-state index in [0.717, 1.165) is 18.9 Å². The van der Waals surface area contributed by atoms with Crippen LogP contribution in [0.25, 0.3) is 0 Å². The largest absolute Gasteiger partial charge is 0.477 e. The van der Waals surface area contributed by atoms with E-state index in [0.29, 0.717) is 13.2 Å². The van der Waals surface area contributed by atoms with Crippen molar-refractivity contribution >= 4 is 23.4 Å². The highest BCUT2D eigenvalue weighted by atomic mass is 32.2. The number of hydrogen-bond acceptors (Lipinski definition) is 6. The Kier molecular flexibility index (Phi) is 4.33. The standard InChI is InChI=1S/C11H12N2O5S/c14-11(15)8-1-2-9(13(16)17)10(12-8)19-7-3-5-18-6-4-7/h1-2,7H,3-6H2,(H,14,15). The SMILES string of the molecule is O=C(O)c1ccc([N+](=O)[O-])c(SC2CCOCC2)n1. The molecule has 0 saturated carbocycles. The Morgan fingerprint density at radius 1 is 1.47 bits per heavy atom. The van der Waals surface area contributed by atoms with Crippen molar-refractivity contribution < 1.29 is 19.6 Å². The van der Waals surface area contributed by atoms with Gasteiger partial charge in [-0.05, 0) is 18.9 Å². The molecule has 0 radical (unpaired) electrons. The van der Waals surface area contributed by atoms with Gasteiger partial charge in [-0.3, -0.25) is 10.1 Å². The van der Waals surface area contributed by atoms with E-state index in [9.17, 15) is 14.9 Å². The average molecular weight is 284 g/mol. The number of ether oxygens (including phenoxy) is 1. The van der Waals surface area contributed by atoms with Crippen LogP contribution >= 0.6 is 11.8 Å². The first-order valence-corrected chi connectivity index (χ1v) is 6.59. The molecule has 2 heterocycles. The molecule has 1 aromatic heterocycles. The van der Waals surface area contributed by atoms with Gasteiger partial charge in [-0.1, -0.05) is 11.8 Å². The molecule has 0 unspecified atom stereocenters. The number of carbonyl (C=O) groups is 1. The molecular formula is C11H12N2O5S. The molecule has 0 atom stereocenters. The number of aromatic nitrogens is 1. The maximum Gasteiger partial charge on any atom is 0.354 e. The first-order valence-electron chi connectivity index (χ1n) is 5.71. The van der Waals surface area contributed by atoms with Crippen molar-refractivity contribution in [2.75, 3.05) is 13.2 Å². The summed E-state index contributed by atoms with van der Waals surface area (Å²) in [7, 11) is 0. The van der Waals surface area contributed by atoms with Gasteiger partial charge in [0, 0.05) is 24.5 Å². The van der Waals surface area contributed by atoms with E-state index >= 15 is 0 Å². The molecule has 1 saturated heterocycles. The third kappa shape index (κ3) is 3.42. The Labute approximate surface area is 113 Å². The fourth-order valence-corrected chi connectivity index (χ4v) is 2.89. The van der Waals surface area contributed by atoms with E-state index in [4.69, 9.17) is 9.84 Å². The minimum atomic E-state index is -1.19. The van der Waals surface area contributed by atoms with Crippen molar-refractivity contribution in [1.29, 1.82) is 0 Å². The molecule has 0 aromatic carbocycles. The zero-order valence-corrected chi connectivity index (χ0v) is 10.8. The van der Waals surface area contributed by atoms with E-state index in [2.05, 4.69) is 4.98 Å². The minimum absolute atomic E-state index is 0.151. The molecule has 2 rings (SSSR count). The van der Waals surface area contributed by atoms with Crippen LogP contribution in [0.5, 0.6) is 0 Å². The summed E-state index contributed by atoms with van der Waals surface area (Å²) in [6.07, 6.45) is 1.56. The van der Waals surface area contributed by atoms with Gasteiger partial charge in [-0.2, -0.15) is 0 Å². The first-order chi connectivity index (χ1) is 9.08. The molecule has 0 bridgehead atoms. The number of pyridine rings is 1. The molecule has 1 aliphatic heterocycles. The lowest BCUT2D eigenvalue weighted by atomic mass is 10.2. The Morgan fingerprint density at radius 2 is 2.16 bits per heavy atom. The van der Waals surface area contributed by atoms with Crippen molar-refractivity contribution in [3.63, 3.8) is 0 Å². The lowest BCUT2D eigenvalue weighted by molar-refractivity contribution is -0.388. The number of hydrogen-bond donors (Lipinski definition) is 1. The van der Waals surface area contributed by atoms with Crippen LogP contribution in [-0.4, -0.2) is 39.4 Å². The average Bonchev–Trinajstić information content (AvgIpc) is 2.39. The number of carboxylic acids is 1. The Bertz CT molecular complexity index is 502. The zero-order valence-electron chi connectivity index (χ0n) is 9.94. The molecule has 0 spiro atoms. The van der Waals surface area contributed by atoms with Crippen LogP contribution in [-0.2, 0) is 4.74 Å². The summed E-state index contributed by atoms with van der Waals surface area (Å²) in [4.78, 5) is 25.1. The number of nitrogens with zero attached hydrogens (tertiary/aromatic N) is 2. The van der Waals surface area contributed by atoms with Crippen LogP contribution in [0, 0.1) is 10.1 Å². The van der Waals surface area contributed by atoms with Crippen molar-refractivity contribution in [3.8, 4) is 0 Å². The molecular weight excluding hydrogens is 272 g/mol. The monoisotopic (exact) mass is 284 g/mol. The van der Waals surface area contributed by atoms with Gasteiger partial charge in [0.2, 0.25) is 0 Å². The molecule has 7 nitrogen and oxygen atoms in total. The molecule has 0 aliphatic carbocycles. The molecule has 1 fully saturated rings. The molecule has 19 heavy (non-hydrogen) atoms. The first kappa shape index (κ1) is 13.8. The van der Waals surface area contributed by atoms with Crippen LogP contribution < -0.4 is 0 Å². The maximum absolute atomic E-state index is 10.9. The van der Waals surface area contributed by atoms with Crippen LogP contribution in [0.4, 0.5) is 5.69 Å². The normalized spacial score (nSPS) is 16.2. The summed E-state index contributed by atoms with van der Waals surface area (Å²) >= 11 is 1.25. The van der Waals surface area contributed by atoms with E-state index in [1.54, 1.807) is 0 Å². The highest BCUT2D eigenvalue weighted by Crippen LogP contribution is 2.34. The second kappa shape index (κ2) is 5.98. The molecule has 1 aliphatic rings. The van der Waals surface area contributed by atoms with E-state index < -0.39 is 10.9 Å². The topological polar surface area (TPSA) is 103 Å². The highest BCUT2D eigenvalue weighted by Gasteiger charge is 2.23. The van der Waals surface area contributed by atoms with Gasteiger partial charge in [0.25, 0.3) is 0 Å². The fourth-order valence-electron chi connectivity index (χ4n) is 1.73. The summed E-state index contributed by atoms with van der Waals surface area (Å²) in [6, 6.07) is 2.34. The second-order valence-corrected chi connectivity index (χ2v) is 5.30. The predicted molar refractivity (Wildman–Crippen MR) is 67.5 cm³/mol. The van der Waals surface area contributed by atoms with Crippen LogP contribution in [0.1, 0.15) is 23.3 Å². The van der Waals surface area contributed by atoms with Gasteiger partial charge in [-0.25, -0.2) is 9.78 Å². The number of aromatic carboxylic acids is 1. The summed E-state index contributed by atoms with van der Waals surface area (Å²) in [5.41, 5.74) is -0.332. The zero-order chi connectivity index (χ0) is 13.8. The minimum Gasteiger partial charge on any atom is -0.477 e. The smallest absolute Gasteiger partial charge is 0.354 e. The van der Waals surface area contributed by atoms with Gasteiger partial charge in [0.1, 0.15) is 5.69 Å². The number of nitro groups is 1. The van der Waals surface area contributed by atoms with Crippen LogP contribution in [0.2, 0.25) is 0 Å². The third-order valence-corrected chi connectivity index (χ3v) is 4.03. The summed E-state index contributed by atoms with van der Waals surface area (Å²) in [6.45, 7) is 1.23. The quantitative estimate of drug-likeness (QED) is 0.665. The van der Waals surface area contributed by atoms with Crippen LogP contribution in [0.3, 0.4) is 0 Å². The third-order valence-electron chi connectivity index (χ3n) is 2.70. The van der Waals surface area contributed by atoms with Crippen LogP contribution in [0.15, 0.2) is 17.2 Å². The van der Waals surface area contributed by atoms with E-state index in [-0.39, 0.29) is 21.7 Å². The van der Waals surface area contributed by atoms with Crippen molar-refractivity contribution in [1.82, 2.24) is 4.98 Å². The summed E-state index contributed by atoms with van der Waals surface area (Å²) in [5, 5.41) is 20.1. The van der Waals surface area contributed by atoms with Gasteiger partial charge in [0.15, 0.2) is 5.03 Å². The van der Waals surface area contributed by atoms with E-state index in [1.165, 1.54) is 17.8 Å². The Hall–Kier alpha value is -1.67. The number of thioether (sulfide) groups is 1. The lowest BCUT2D eigenvalue weighted by Gasteiger charge is -2.20. The maximum atomic E-state index is 10.9. The summed E-state index contributed by atoms with van der Waals surface area (Å²) in [5.74, 6) is -1.19. The van der Waals surface area contributed by atoms with Gasteiger partial charge in [-0.15, -0.1) is 0 Å². The van der Waals surface area contributed by atoms with Crippen molar-refractivity contribution in [2.24, 2.45) is 0 Å². The molecule has 0 amide bonds. The lowest BCUT2D eigenvalue weighted by Crippen LogP contribution is -2.18.